The Labute approximate surface area is 120 Å². The van der Waals surface area contributed by atoms with Crippen molar-refractivity contribution in [2.75, 3.05) is 25.0 Å². The molecule has 106 valence electrons. The van der Waals surface area contributed by atoms with Gasteiger partial charge in [-0.15, -0.1) is 0 Å². The first-order chi connectivity index (χ1) is 9.90. The van der Waals surface area contributed by atoms with Gasteiger partial charge in [0.25, 0.3) is 0 Å². The van der Waals surface area contributed by atoms with E-state index in [4.69, 9.17) is 0 Å². The lowest BCUT2D eigenvalue weighted by Crippen LogP contribution is -2.31. The van der Waals surface area contributed by atoms with E-state index in [0.29, 0.717) is 0 Å². The van der Waals surface area contributed by atoms with Crippen molar-refractivity contribution in [2.45, 2.75) is 19.4 Å². The topological polar surface area (TPSA) is 41.9 Å². The average Bonchev–Trinajstić information content (AvgIpc) is 3.01. The molecule has 4 heteroatoms. The van der Waals surface area contributed by atoms with E-state index in [0.717, 1.165) is 32.1 Å². The molecule has 0 aliphatic carbocycles. The Morgan fingerprint density at radius 2 is 2.00 bits per heavy atom. The van der Waals surface area contributed by atoms with Gasteiger partial charge < -0.3 is 10.6 Å². The highest BCUT2D eigenvalue weighted by atomic mass is 15.3. The normalized spacial score (nSPS) is 16.2. The second-order valence-corrected chi connectivity index (χ2v) is 5.47. The number of nitrogens with one attached hydrogen (secondary N) is 2. The number of hydrogen-bond acceptors (Lipinski definition) is 3. The summed E-state index contributed by atoms with van der Waals surface area (Å²) >= 11 is 0. The van der Waals surface area contributed by atoms with Crippen LogP contribution in [0.1, 0.15) is 18.4 Å². The Morgan fingerprint density at radius 1 is 1.20 bits per heavy atom. The molecule has 0 spiro atoms. The number of anilines is 1. The van der Waals surface area contributed by atoms with E-state index >= 15 is 0 Å². The van der Waals surface area contributed by atoms with Gasteiger partial charge in [0.2, 0.25) is 0 Å². The van der Waals surface area contributed by atoms with Crippen LogP contribution >= 0.6 is 0 Å². The van der Waals surface area contributed by atoms with Gasteiger partial charge in [-0.05, 0) is 55.6 Å². The van der Waals surface area contributed by atoms with Gasteiger partial charge in [0.05, 0.1) is 6.54 Å². The van der Waals surface area contributed by atoms with Crippen LogP contribution in [0.3, 0.4) is 0 Å². The van der Waals surface area contributed by atoms with Gasteiger partial charge in [-0.2, -0.15) is 5.10 Å². The Bertz CT molecular complexity index is 498. The molecule has 1 fully saturated rings. The average molecular weight is 270 g/mol. The summed E-state index contributed by atoms with van der Waals surface area (Å²) in [5, 5.41) is 11.2. The van der Waals surface area contributed by atoms with Crippen molar-refractivity contribution in [3.05, 3.63) is 48.3 Å². The van der Waals surface area contributed by atoms with Gasteiger partial charge in [-0.1, -0.05) is 12.1 Å². The van der Waals surface area contributed by atoms with E-state index in [1.54, 1.807) is 0 Å². The first-order valence-corrected chi connectivity index (χ1v) is 7.41. The zero-order chi connectivity index (χ0) is 13.6. The van der Waals surface area contributed by atoms with Gasteiger partial charge in [-0.25, -0.2) is 0 Å². The maximum atomic E-state index is 4.23. The van der Waals surface area contributed by atoms with Crippen LogP contribution in [-0.4, -0.2) is 29.4 Å². The zero-order valence-electron chi connectivity index (χ0n) is 11.8. The molecular formula is C16H22N4. The summed E-state index contributed by atoms with van der Waals surface area (Å²) in [7, 11) is 0. The number of rotatable bonds is 5. The molecule has 0 unspecified atom stereocenters. The molecular weight excluding hydrogens is 248 g/mol. The van der Waals surface area contributed by atoms with Crippen molar-refractivity contribution >= 4 is 5.69 Å². The van der Waals surface area contributed by atoms with Crippen LogP contribution < -0.4 is 10.6 Å². The number of aromatic nitrogens is 2. The third-order valence-electron chi connectivity index (χ3n) is 3.91. The predicted octanol–water partition coefficient (Wildman–Crippen LogP) is 2.34. The molecule has 0 saturated carbocycles. The van der Waals surface area contributed by atoms with Crippen molar-refractivity contribution in [3.8, 4) is 0 Å². The molecule has 1 aromatic carbocycles. The smallest absolute Gasteiger partial charge is 0.0659 e. The molecule has 2 N–H and O–H groups in total. The second kappa shape index (κ2) is 6.57. The maximum Gasteiger partial charge on any atom is 0.0659 e. The predicted molar refractivity (Wildman–Crippen MR) is 81.9 cm³/mol. The molecule has 1 aliphatic rings. The van der Waals surface area contributed by atoms with Crippen LogP contribution in [0.4, 0.5) is 5.69 Å². The quantitative estimate of drug-likeness (QED) is 0.876. The summed E-state index contributed by atoms with van der Waals surface area (Å²) < 4.78 is 1.94. The Morgan fingerprint density at radius 3 is 2.70 bits per heavy atom. The first kappa shape index (κ1) is 13.2. The van der Waals surface area contributed by atoms with Crippen LogP contribution in [0, 0.1) is 5.92 Å². The molecule has 2 aromatic rings. The van der Waals surface area contributed by atoms with Crippen LogP contribution in [0.5, 0.6) is 0 Å². The molecule has 4 nitrogen and oxygen atoms in total. The molecule has 1 aliphatic heterocycles. The van der Waals surface area contributed by atoms with Crippen LogP contribution in [0.2, 0.25) is 0 Å². The summed E-state index contributed by atoms with van der Waals surface area (Å²) in [5.41, 5.74) is 2.49. The first-order valence-electron chi connectivity index (χ1n) is 7.41. The van der Waals surface area contributed by atoms with Crippen molar-refractivity contribution in [2.24, 2.45) is 5.92 Å². The van der Waals surface area contributed by atoms with Crippen molar-refractivity contribution in [1.82, 2.24) is 15.1 Å². The molecule has 0 radical (unpaired) electrons. The minimum atomic E-state index is 0.806. The largest absolute Gasteiger partial charge is 0.385 e. The number of hydrogen-bond donors (Lipinski definition) is 2. The molecule has 20 heavy (non-hydrogen) atoms. The lowest BCUT2D eigenvalue weighted by Gasteiger charge is -2.23. The summed E-state index contributed by atoms with van der Waals surface area (Å²) in [6.45, 7) is 4.24. The lowest BCUT2D eigenvalue weighted by atomic mass is 9.98. The monoisotopic (exact) mass is 270 g/mol. The third kappa shape index (κ3) is 3.61. The molecule has 1 aromatic heterocycles. The highest BCUT2D eigenvalue weighted by molar-refractivity contribution is 5.44. The van der Waals surface area contributed by atoms with Gasteiger partial charge in [0, 0.05) is 24.6 Å². The minimum absolute atomic E-state index is 0.806. The summed E-state index contributed by atoms with van der Waals surface area (Å²) in [4.78, 5) is 0. The fraction of sp³-hybridized carbons (Fsp3) is 0.438. The van der Waals surface area contributed by atoms with Gasteiger partial charge in [0.15, 0.2) is 0 Å². The van der Waals surface area contributed by atoms with Crippen molar-refractivity contribution in [1.29, 1.82) is 0 Å². The van der Waals surface area contributed by atoms with E-state index in [9.17, 15) is 0 Å². The molecule has 0 atom stereocenters. The lowest BCUT2D eigenvalue weighted by molar-refractivity contribution is 0.390. The standard InChI is InChI=1S/C16H22N4/c1-8-19-20(11-1)13-15-2-4-16(5-3-15)18-12-14-6-9-17-10-7-14/h1-5,8,11,14,17-18H,6-7,9-10,12-13H2. The van der Waals surface area contributed by atoms with E-state index in [2.05, 4.69) is 40.0 Å². The molecule has 0 amide bonds. The van der Waals surface area contributed by atoms with Crippen molar-refractivity contribution < 1.29 is 0 Å². The van der Waals surface area contributed by atoms with E-state index in [1.165, 1.54) is 24.1 Å². The number of benzene rings is 1. The molecule has 3 rings (SSSR count). The molecule has 1 saturated heterocycles. The van der Waals surface area contributed by atoms with Crippen LogP contribution in [-0.2, 0) is 6.54 Å². The van der Waals surface area contributed by atoms with Crippen molar-refractivity contribution in [3.63, 3.8) is 0 Å². The highest BCUT2D eigenvalue weighted by Gasteiger charge is 2.12. The van der Waals surface area contributed by atoms with E-state index in [-0.39, 0.29) is 0 Å². The van der Waals surface area contributed by atoms with Gasteiger partial charge in [-0.3, -0.25) is 4.68 Å². The van der Waals surface area contributed by atoms with Crippen LogP contribution in [0.15, 0.2) is 42.7 Å². The summed E-state index contributed by atoms with van der Waals surface area (Å²) in [5.74, 6) is 0.806. The minimum Gasteiger partial charge on any atom is -0.385 e. The zero-order valence-corrected chi connectivity index (χ0v) is 11.8. The summed E-state index contributed by atoms with van der Waals surface area (Å²) in [6.07, 6.45) is 6.37. The van der Waals surface area contributed by atoms with Crippen LogP contribution in [0.25, 0.3) is 0 Å². The Kier molecular flexibility index (Phi) is 4.33. The van der Waals surface area contributed by atoms with E-state index < -0.39 is 0 Å². The third-order valence-corrected chi connectivity index (χ3v) is 3.91. The number of piperidine rings is 1. The SMILES string of the molecule is c1cnn(Cc2ccc(NCC3CCNCC3)cc2)c1. The fourth-order valence-corrected chi connectivity index (χ4v) is 2.66. The highest BCUT2D eigenvalue weighted by Crippen LogP contribution is 2.15. The van der Waals surface area contributed by atoms with Gasteiger partial charge >= 0.3 is 0 Å². The fourth-order valence-electron chi connectivity index (χ4n) is 2.66. The number of nitrogens with zero attached hydrogens (tertiary/aromatic N) is 2. The second-order valence-electron chi connectivity index (χ2n) is 5.47. The maximum absolute atomic E-state index is 4.23. The molecule has 2 heterocycles. The Hall–Kier alpha value is -1.81. The Balaban J connectivity index is 1.50. The van der Waals surface area contributed by atoms with Gasteiger partial charge in [0.1, 0.15) is 0 Å². The molecule has 0 bridgehead atoms. The summed E-state index contributed by atoms with van der Waals surface area (Å²) in [6, 6.07) is 10.6. The van der Waals surface area contributed by atoms with E-state index in [1.807, 2.05) is 23.1 Å².